The van der Waals surface area contributed by atoms with Gasteiger partial charge in [0.2, 0.25) is 5.95 Å². The molecule has 3 rings (SSSR count). The lowest BCUT2D eigenvalue weighted by Crippen LogP contribution is -2.48. The van der Waals surface area contributed by atoms with E-state index < -0.39 is 0 Å². The maximum atomic E-state index is 9.50. The van der Waals surface area contributed by atoms with Gasteiger partial charge >= 0.3 is 0 Å². The summed E-state index contributed by atoms with van der Waals surface area (Å²) in [5.41, 5.74) is 6.31. The van der Waals surface area contributed by atoms with Crippen LogP contribution in [0.25, 0.3) is 10.9 Å². The number of hydrogen-bond donors (Lipinski definition) is 3. The van der Waals surface area contributed by atoms with E-state index >= 15 is 0 Å². The van der Waals surface area contributed by atoms with Gasteiger partial charge in [-0.1, -0.05) is 12.1 Å². The van der Waals surface area contributed by atoms with Crippen molar-refractivity contribution in [3.63, 3.8) is 0 Å². The highest BCUT2D eigenvalue weighted by atomic mass is 16.3. The van der Waals surface area contributed by atoms with Crippen LogP contribution in [0.4, 0.5) is 11.8 Å². The standard InChI is InChI=1S/C13H16N4O/c14-12-15-10-5-2-1-4-9(10)11(16-12)17-13(8-18)6-3-7-13/h1-2,4-5,18H,3,6-8H2,(H3,14,15,16,17). The minimum Gasteiger partial charge on any atom is -0.394 e. The summed E-state index contributed by atoms with van der Waals surface area (Å²) >= 11 is 0. The predicted molar refractivity (Wildman–Crippen MR) is 71.2 cm³/mol. The molecule has 1 aliphatic rings. The van der Waals surface area contributed by atoms with Crippen molar-refractivity contribution in [2.75, 3.05) is 17.7 Å². The summed E-state index contributed by atoms with van der Waals surface area (Å²) in [4.78, 5) is 8.46. The minimum atomic E-state index is -0.233. The topological polar surface area (TPSA) is 84.1 Å². The molecule has 0 radical (unpaired) electrons. The number of aromatic nitrogens is 2. The second kappa shape index (κ2) is 4.10. The van der Waals surface area contributed by atoms with Crippen molar-refractivity contribution in [1.29, 1.82) is 0 Å². The van der Waals surface area contributed by atoms with E-state index in [0.29, 0.717) is 5.82 Å². The molecular weight excluding hydrogens is 228 g/mol. The van der Waals surface area contributed by atoms with Crippen LogP contribution >= 0.6 is 0 Å². The number of aliphatic hydroxyl groups is 1. The zero-order valence-electron chi connectivity index (χ0n) is 10.1. The number of nitrogen functional groups attached to an aromatic ring is 1. The van der Waals surface area contributed by atoms with Gasteiger partial charge in [-0.2, -0.15) is 4.98 Å². The van der Waals surface area contributed by atoms with Crippen LogP contribution in [0.3, 0.4) is 0 Å². The highest BCUT2D eigenvalue weighted by Crippen LogP contribution is 2.36. The first-order valence-electron chi connectivity index (χ1n) is 6.14. The average Bonchev–Trinajstić information content (AvgIpc) is 2.33. The SMILES string of the molecule is Nc1nc(NC2(CO)CCC2)c2ccccc2n1. The molecule has 1 aliphatic carbocycles. The molecule has 1 heterocycles. The molecule has 2 aromatic rings. The van der Waals surface area contributed by atoms with E-state index in [2.05, 4.69) is 15.3 Å². The molecule has 18 heavy (non-hydrogen) atoms. The molecule has 5 nitrogen and oxygen atoms in total. The molecule has 0 unspecified atom stereocenters. The van der Waals surface area contributed by atoms with E-state index in [1.54, 1.807) is 0 Å². The van der Waals surface area contributed by atoms with Crippen LogP contribution < -0.4 is 11.1 Å². The summed E-state index contributed by atoms with van der Waals surface area (Å²) in [7, 11) is 0. The highest BCUT2D eigenvalue weighted by molar-refractivity contribution is 5.90. The Morgan fingerprint density at radius 1 is 1.28 bits per heavy atom. The van der Waals surface area contributed by atoms with Gasteiger partial charge in [-0.3, -0.25) is 0 Å². The fraction of sp³-hybridized carbons (Fsp3) is 0.385. The monoisotopic (exact) mass is 244 g/mol. The van der Waals surface area contributed by atoms with Gasteiger partial charge in [0.25, 0.3) is 0 Å². The van der Waals surface area contributed by atoms with Crippen molar-refractivity contribution in [3.8, 4) is 0 Å². The molecule has 94 valence electrons. The van der Waals surface area contributed by atoms with Crippen molar-refractivity contribution in [3.05, 3.63) is 24.3 Å². The Morgan fingerprint density at radius 2 is 2.06 bits per heavy atom. The second-order valence-electron chi connectivity index (χ2n) is 4.86. The number of rotatable bonds is 3. The Balaban J connectivity index is 2.05. The van der Waals surface area contributed by atoms with Crippen LogP contribution in [-0.4, -0.2) is 27.2 Å². The lowest BCUT2D eigenvalue weighted by molar-refractivity contribution is 0.144. The van der Waals surface area contributed by atoms with E-state index in [9.17, 15) is 5.11 Å². The molecule has 4 N–H and O–H groups in total. The third kappa shape index (κ3) is 1.76. The Bertz CT molecular complexity index is 575. The molecular formula is C13H16N4O. The van der Waals surface area contributed by atoms with Crippen molar-refractivity contribution in [2.45, 2.75) is 24.8 Å². The Labute approximate surface area is 105 Å². The summed E-state index contributed by atoms with van der Waals surface area (Å²) in [6.07, 6.45) is 3.05. The first kappa shape index (κ1) is 11.2. The molecule has 0 amide bonds. The van der Waals surface area contributed by atoms with Crippen LogP contribution in [0.2, 0.25) is 0 Å². The molecule has 0 aliphatic heterocycles. The number of hydrogen-bond acceptors (Lipinski definition) is 5. The van der Waals surface area contributed by atoms with Gasteiger partial charge < -0.3 is 16.2 Å². The van der Waals surface area contributed by atoms with Gasteiger partial charge in [0, 0.05) is 5.39 Å². The number of nitrogens with zero attached hydrogens (tertiary/aromatic N) is 2. The maximum absolute atomic E-state index is 9.50. The van der Waals surface area contributed by atoms with Crippen LogP contribution in [0.15, 0.2) is 24.3 Å². The average molecular weight is 244 g/mol. The van der Waals surface area contributed by atoms with Gasteiger partial charge in [0.05, 0.1) is 17.7 Å². The molecule has 1 aromatic heterocycles. The number of benzene rings is 1. The summed E-state index contributed by atoms with van der Waals surface area (Å²) in [5.74, 6) is 0.968. The number of nitrogens with two attached hydrogens (primary N) is 1. The summed E-state index contributed by atoms with van der Waals surface area (Å²) in [6, 6.07) is 7.73. The number of nitrogens with one attached hydrogen (secondary N) is 1. The van der Waals surface area contributed by atoms with E-state index in [1.807, 2.05) is 24.3 Å². The van der Waals surface area contributed by atoms with Crippen LogP contribution in [-0.2, 0) is 0 Å². The molecule has 1 fully saturated rings. The zero-order chi connectivity index (χ0) is 12.6. The van der Waals surface area contributed by atoms with Crippen molar-refractivity contribution >= 4 is 22.7 Å². The molecule has 0 spiro atoms. The molecule has 0 atom stereocenters. The van der Waals surface area contributed by atoms with E-state index in [1.165, 1.54) is 0 Å². The second-order valence-corrected chi connectivity index (χ2v) is 4.86. The fourth-order valence-corrected chi connectivity index (χ4v) is 2.37. The third-order valence-corrected chi connectivity index (χ3v) is 3.62. The molecule has 5 heteroatoms. The largest absolute Gasteiger partial charge is 0.394 e. The smallest absolute Gasteiger partial charge is 0.222 e. The Kier molecular flexibility index (Phi) is 2.56. The molecule has 0 saturated heterocycles. The van der Waals surface area contributed by atoms with Gasteiger partial charge in [-0.25, -0.2) is 4.98 Å². The van der Waals surface area contributed by atoms with Crippen molar-refractivity contribution < 1.29 is 5.11 Å². The summed E-state index contributed by atoms with van der Waals surface area (Å²) < 4.78 is 0. The molecule has 1 saturated carbocycles. The zero-order valence-corrected chi connectivity index (χ0v) is 10.1. The van der Waals surface area contributed by atoms with Gasteiger partial charge in [-0.15, -0.1) is 0 Å². The number of anilines is 2. The van der Waals surface area contributed by atoms with Gasteiger partial charge in [0.1, 0.15) is 5.82 Å². The van der Waals surface area contributed by atoms with E-state index in [4.69, 9.17) is 5.73 Å². The maximum Gasteiger partial charge on any atom is 0.222 e. The van der Waals surface area contributed by atoms with Crippen molar-refractivity contribution in [2.24, 2.45) is 0 Å². The number of fused-ring (bicyclic) bond motifs is 1. The van der Waals surface area contributed by atoms with E-state index in [-0.39, 0.29) is 18.1 Å². The summed E-state index contributed by atoms with van der Waals surface area (Å²) in [6.45, 7) is 0.116. The number of para-hydroxylation sites is 1. The highest BCUT2D eigenvalue weighted by Gasteiger charge is 2.36. The lowest BCUT2D eigenvalue weighted by Gasteiger charge is -2.41. The van der Waals surface area contributed by atoms with Gasteiger partial charge in [-0.05, 0) is 31.4 Å². The third-order valence-electron chi connectivity index (χ3n) is 3.62. The normalized spacial score (nSPS) is 17.4. The Morgan fingerprint density at radius 3 is 2.72 bits per heavy atom. The first-order chi connectivity index (χ1) is 8.72. The minimum absolute atomic E-state index is 0.116. The molecule has 1 aromatic carbocycles. The van der Waals surface area contributed by atoms with E-state index in [0.717, 1.165) is 30.2 Å². The summed E-state index contributed by atoms with van der Waals surface area (Å²) in [5, 5.41) is 13.8. The lowest BCUT2D eigenvalue weighted by atomic mass is 9.77. The molecule has 0 bridgehead atoms. The Hall–Kier alpha value is -1.88. The van der Waals surface area contributed by atoms with Gasteiger partial charge in [0.15, 0.2) is 0 Å². The first-order valence-corrected chi connectivity index (χ1v) is 6.14. The van der Waals surface area contributed by atoms with Crippen molar-refractivity contribution in [1.82, 2.24) is 9.97 Å². The predicted octanol–water partition coefficient (Wildman–Crippen LogP) is 1.54. The van der Waals surface area contributed by atoms with Crippen LogP contribution in [0.1, 0.15) is 19.3 Å². The fourth-order valence-electron chi connectivity index (χ4n) is 2.37. The van der Waals surface area contributed by atoms with Crippen LogP contribution in [0, 0.1) is 0 Å². The quantitative estimate of drug-likeness (QED) is 0.762. The number of aliphatic hydroxyl groups excluding tert-OH is 1. The van der Waals surface area contributed by atoms with Crippen LogP contribution in [0.5, 0.6) is 0 Å².